The first kappa shape index (κ1) is 8.61. The van der Waals surface area contributed by atoms with Gasteiger partial charge in [-0.05, 0) is 30.4 Å². The molecule has 0 spiro atoms. The molecule has 0 bridgehead atoms. The molecule has 6 nitrogen and oxygen atoms in total. The fourth-order valence-corrected chi connectivity index (χ4v) is 1.48. The first-order chi connectivity index (χ1) is 6.59. The van der Waals surface area contributed by atoms with E-state index in [2.05, 4.69) is 15.2 Å². The maximum Gasteiger partial charge on any atom is 0.352 e. The lowest BCUT2D eigenvalue weighted by molar-refractivity contribution is -0.387. The Hall–Kier alpha value is -1.98. The summed E-state index contributed by atoms with van der Waals surface area (Å²) in [7, 11) is 0. The van der Waals surface area contributed by atoms with Crippen LogP contribution in [0.25, 0.3) is 11.0 Å². The fourth-order valence-electron chi connectivity index (χ4n) is 1.48. The Balaban J connectivity index is 2.85. The Bertz CT molecular complexity index is 517. The molecule has 2 aromatic heterocycles. The molecule has 2 rings (SSSR count). The molecule has 0 radical (unpaired) electrons. The van der Waals surface area contributed by atoms with Crippen molar-refractivity contribution in [1.29, 1.82) is 0 Å². The highest BCUT2D eigenvalue weighted by Crippen LogP contribution is 2.24. The topological polar surface area (TPSA) is 84.7 Å². The molecule has 0 saturated carbocycles. The van der Waals surface area contributed by atoms with E-state index in [4.69, 9.17) is 0 Å². The van der Waals surface area contributed by atoms with Crippen molar-refractivity contribution in [3.63, 3.8) is 0 Å². The number of aryl methyl sites for hydroxylation is 2. The van der Waals surface area contributed by atoms with Crippen LogP contribution in [0, 0.1) is 24.0 Å². The maximum atomic E-state index is 10.6. The standard InChI is InChI=1S/C8H8N4O2/c1-4-3-5(2)9-7-6(4)8(11-10-7)12(13)14/h3H,1-2H3,(H,9,10,11). The van der Waals surface area contributed by atoms with Gasteiger partial charge < -0.3 is 10.1 Å². The SMILES string of the molecule is Cc1cc(C)c2c([N+](=O)[O-])[nH]nc2n1. The van der Waals surface area contributed by atoms with Crippen molar-refractivity contribution in [2.45, 2.75) is 13.8 Å². The predicted octanol–water partition coefficient (Wildman–Crippen LogP) is 1.48. The van der Waals surface area contributed by atoms with Gasteiger partial charge in [0.25, 0.3) is 0 Å². The molecule has 0 unspecified atom stereocenters. The number of aromatic amines is 1. The van der Waals surface area contributed by atoms with E-state index in [9.17, 15) is 10.1 Å². The number of fused-ring (bicyclic) bond motifs is 1. The molecule has 0 fully saturated rings. The van der Waals surface area contributed by atoms with Crippen LogP contribution in [-0.2, 0) is 0 Å². The van der Waals surface area contributed by atoms with Crippen LogP contribution < -0.4 is 0 Å². The van der Waals surface area contributed by atoms with Gasteiger partial charge in [0, 0.05) is 5.69 Å². The fraction of sp³-hybridized carbons (Fsp3) is 0.250. The summed E-state index contributed by atoms with van der Waals surface area (Å²) in [4.78, 5) is 14.2. The number of rotatable bonds is 1. The lowest BCUT2D eigenvalue weighted by Gasteiger charge is -1.96. The highest BCUT2D eigenvalue weighted by atomic mass is 16.6. The van der Waals surface area contributed by atoms with Crippen LogP contribution in [-0.4, -0.2) is 20.1 Å². The number of nitrogens with zero attached hydrogens (tertiary/aromatic N) is 3. The van der Waals surface area contributed by atoms with Crippen molar-refractivity contribution in [1.82, 2.24) is 15.2 Å². The van der Waals surface area contributed by atoms with Crippen LogP contribution in [0.1, 0.15) is 11.3 Å². The van der Waals surface area contributed by atoms with Crippen molar-refractivity contribution in [2.75, 3.05) is 0 Å². The molecule has 0 aromatic carbocycles. The minimum absolute atomic E-state index is 0.0926. The number of hydrogen-bond acceptors (Lipinski definition) is 4. The van der Waals surface area contributed by atoms with E-state index in [0.29, 0.717) is 11.0 Å². The highest BCUT2D eigenvalue weighted by molar-refractivity contribution is 5.86. The van der Waals surface area contributed by atoms with E-state index < -0.39 is 4.92 Å². The zero-order valence-electron chi connectivity index (χ0n) is 7.74. The highest BCUT2D eigenvalue weighted by Gasteiger charge is 2.17. The van der Waals surface area contributed by atoms with Crippen molar-refractivity contribution < 1.29 is 4.92 Å². The maximum absolute atomic E-state index is 10.6. The minimum Gasteiger partial charge on any atom is -0.358 e. The Labute approximate surface area is 79.1 Å². The Kier molecular flexibility index (Phi) is 1.70. The summed E-state index contributed by atoms with van der Waals surface area (Å²) >= 11 is 0. The molecule has 6 heteroatoms. The summed E-state index contributed by atoms with van der Waals surface area (Å²) in [5, 5.41) is 17.3. The molecule has 0 saturated heterocycles. The van der Waals surface area contributed by atoms with Crippen LogP contribution in [0.15, 0.2) is 6.07 Å². The van der Waals surface area contributed by atoms with Gasteiger partial charge in [0.2, 0.25) is 5.65 Å². The monoisotopic (exact) mass is 192 g/mol. The molecule has 0 aliphatic rings. The second-order valence-electron chi connectivity index (χ2n) is 3.11. The van der Waals surface area contributed by atoms with Gasteiger partial charge in [-0.3, -0.25) is 0 Å². The van der Waals surface area contributed by atoms with E-state index in [1.54, 1.807) is 13.0 Å². The van der Waals surface area contributed by atoms with Gasteiger partial charge in [0.05, 0.1) is 0 Å². The van der Waals surface area contributed by atoms with Crippen LogP contribution in [0.5, 0.6) is 0 Å². The molecule has 2 heterocycles. The number of aromatic nitrogens is 3. The van der Waals surface area contributed by atoms with Crippen molar-refractivity contribution in [3.05, 3.63) is 27.4 Å². The third kappa shape index (κ3) is 1.12. The molecule has 0 atom stereocenters. The van der Waals surface area contributed by atoms with E-state index in [-0.39, 0.29) is 5.82 Å². The molecule has 14 heavy (non-hydrogen) atoms. The molecule has 0 aliphatic heterocycles. The Morgan fingerprint density at radius 1 is 1.50 bits per heavy atom. The van der Waals surface area contributed by atoms with Gasteiger partial charge in [0.15, 0.2) is 0 Å². The molecule has 0 amide bonds. The number of hydrogen-bond donors (Lipinski definition) is 1. The first-order valence-electron chi connectivity index (χ1n) is 4.06. The third-order valence-corrected chi connectivity index (χ3v) is 2.01. The number of H-pyrrole nitrogens is 1. The van der Waals surface area contributed by atoms with E-state index in [1.165, 1.54) is 0 Å². The largest absolute Gasteiger partial charge is 0.358 e. The number of nitro groups is 1. The van der Waals surface area contributed by atoms with Crippen molar-refractivity contribution >= 4 is 16.9 Å². The van der Waals surface area contributed by atoms with Crippen molar-refractivity contribution in [3.8, 4) is 0 Å². The Morgan fingerprint density at radius 2 is 2.21 bits per heavy atom. The molecule has 72 valence electrons. The lowest BCUT2D eigenvalue weighted by atomic mass is 10.2. The third-order valence-electron chi connectivity index (χ3n) is 2.01. The second-order valence-corrected chi connectivity index (χ2v) is 3.11. The summed E-state index contributed by atoms with van der Waals surface area (Å²) in [6.45, 7) is 3.63. The van der Waals surface area contributed by atoms with Gasteiger partial charge >= 0.3 is 5.82 Å². The first-order valence-corrected chi connectivity index (χ1v) is 4.06. The minimum atomic E-state index is -0.487. The van der Waals surface area contributed by atoms with Crippen LogP contribution in [0.4, 0.5) is 5.82 Å². The van der Waals surface area contributed by atoms with Gasteiger partial charge in [-0.15, -0.1) is 5.10 Å². The quantitative estimate of drug-likeness (QED) is 0.547. The summed E-state index contributed by atoms with van der Waals surface area (Å²) in [6, 6.07) is 1.80. The number of nitrogens with one attached hydrogen (secondary N) is 1. The normalized spacial score (nSPS) is 10.7. The van der Waals surface area contributed by atoms with Gasteiger partial charge in [-0.2, -0.15) is 0 Å². The summed E-state index contributed by atoms with van der Waals surface area (Å²) < 4.78 is 0. The summed E-state index contributed by atoms with van der Waals surface area (Å²) in [5.74, 6) is -0.0926. The van der Waals surface area contributed by atoms with E-state index >= 15 is 0 Å². The van der Waals surface area contributed by atoms with Crippen LogP contribution >= 0.6 is 0 Å². The second kappa shape index (κ2) is 2.76. The summed E-state index contributed by atoms with van der Waals surface area (Å²) in [6.07, 6.45) is 0. The zero-order valence-corrected chi connectivity index (χ0v) is 7.74. The zero-order chi connectivity index (χ0) is 10.3. The average molecular weight is 192 g/mol. The van der Waals surface area contributed by atoms with Crippen molar-refractivity contribution in [2.24, 2.45) is 0 Å². The van der Waals surface area contributed by atoms with Gasteiger partial charge in [0.1, 0.15) is 5.39 Å². The van der Waals surface area contributed by atoms with Crippen LogP contribution in [0.3, 0.4) is 0 Å². The molecule has 1 N–H and O–H groups in total. The van der Waals surface area contributed by atoms with E-state index in [1.807, 2.05) is 6.92 Å². The predicted molar refractivity (Wildman–Crippen MR) is 50.0 cm³/mol. The van der Waals surface area contributed by atoms with Gasteiger partial charge in [-0.1, -0.05) is 5.10 Å². The Morgan fingerprint density at radius 3 is 2.86 bits per heavy atom. The smallest absolute Gasteiger partial charge is 0.352 e. The van der Waals surface area contributed by atoms with E-state index in [0.717, 1.165) is 11.3 Å². The molecule has 2 aromatic rings. The summed E-state index contributed by atoms with van der Waals surface area (Å²) in [5.41, 5.74) is 2.01. The molecular formula is C8H8N4O2. The van der Waals surface area contributed by atoms with Crippen LogP contribution in [0.2, 0.25) is 0 Å². The molecule has 0 aliphatic carbocycles. The molecular weight excluding hydrogens is 184 g/mol. The lowest BCUT2D eigenvalue weighted by Crippen LogP contribution is -1.90. The van der Waals surface area contributed by atoms with Gasteiger partial charge in [-0.25, -0.2) is 4.98 Å². The number of pyridine rings is 1. The average Bonchev–Trinajstić information content (AvgIpc) is 2.47.